The fourth-order valence-electron chi connectivity index (χ4n) is 0. The van der Waals surface area contributed by atoms with E-state index in [0.29, 0.717) is 21.6 Å². The Hall–Kier alpha value is 0.818. The van der Waals surface area contributed by atoms with E-state index in [1.54, 1.807) is 0 Å². The van der Waals surface area contributed by atoms with Crippen LogP contribution in [0.2, 0.25) is 9.24 Å². The van der Waals surface area contributed by atoms with Crippen molar-refractivity contribution in [3.8, 4) is 0 Å². The Morgan fingerprint density at radius 3 is 2.00 bits per heavy atom. The number of hydrogen-bond donors (Lipinski definition) is 0. The first kappa shape index (κ1) is 4.82. The van der Waals surface area contributed by atoms with Crippen LogP contribution in [0.3, 0.4) is 0 Å². The molecule has 1 heteroatoms. The van der Waals surface area contributed by atoms with Crippen LogP contribution in [0.25, 0.3) is 0 Å². The third kappa shape index (κ3) is 2.82. The molecule has 0 aromatic carbocycles. The Balaban J connectivity index is 1.97. The molecule has 0 aromatic rings. The molecule has 0 spiro atoms. The molecule has 0 saturated heterocycles. The van der Waals surface area contributed by atoms with Gasteiger partial charge in [-0.05, 0) is 0 Å². The van der Waals surface area contributed by atoms with Crippen molar-refractivity contribution in [3.63, 3.8) is 0 Å². The predicted octanol–water partition coefficient (Wildman–Crippen LogP) is 1.18. The van der Waals surface area contributed by atoms with Gasteiger partial charge in [0, 0.05) is 0 Å². The van der Waals surface area contributed by atoms with Gasteiger partial charge in [-0.1, -0.05) is 0 Å². The first-order valence-electron chi connectivity index (χ1n) is 1.47. The average molecular weight is 166 g/mol. The summed E-state index contributed by atoms with van der Waals surface area (Å²) in [6.07, 6.45) is 0. The minimum atomic E-state index is 0.353. The molecule has 0 bridgehead atoms. The van der Waals surface area contributed by atoms with Gasteiger partial charge < -0.3 is 0 Å². The molecule has 1 radical (unpaired) electrons. The van der Waals surface area contributed by atoms with Crippen LogP contribution in [0.15, 0.2) is 0 Å². The van der Waals surface area contributed by atoms with Gasteiger partial charge in [0.2, 0.25) is 0 Å². The molecule has 0 rings (SSSR count). The molecule has 0 nitrogen and oxygen atoms in total. The molecule has 0 fully saturated rings. The predicted molar refractivity (Wildman–Crippen MR) is 22.1 cm³/mol. The first-order valence-corrected chi connectivity index (χ1v) is 5.83. The van der Waals surface area contributed by atoms with Gasteiger partial charge in [-0.2, -0.15) is 0 Å². The SMILES string of the molecule is C[CH2][Sb][CH3]. The van der Waals surface area contributed by atoms with E-state index in [-0.39, 0.29) is 0 Å². The summed E-state index contributed by atoms with van der Waals surface area (Å²) in [5.41, 5.74) is 0. The minimum absolute atomic E-state index is 0.353. The van der Waals surface area contributed by atoms with E-state index in [1.165, 1.54) is 4.37 Å². The summed E-state index contributed by atoms with van der Waals surface area (Å²) in [5.74, 6) is 0. The van der Waals surface area contributed by atoms with Crippen LogP contribution < -0.4 is 0 Å². The molecular weight excluding hydrogens is 158 g/mol. The fraction of sp³-hybridized carbons (Fsp3) is 1.00. The van der Waals surface area contributed by atoms with Crippen molar-refractivity contribution < 1.29 is 0 Å². The van der Waals surface area contributed by atoms with Crippen molar-refractivity contribution in [3.05, 3.63) is 0 Å². The maximum atomic E-state index is 2.33. The summed E-state index contributed by atoms with van der Waals surface area (Å²) in [7, 11) is 0. The van der Waals surface area contributed by atoms with Crippen LogP contribution in [0.5, 0.6) is 0 Å². The standard InChI is InChI=1S/C2H5.CH3.Sb/c1-2;;/h1H2,2H3;1H3;. The van der Waals surface area contributed by atoms with Gasteiger partial charge >= 0.3 is 37.8 Å². The molecule has 0 atom stereocenters. The molecule has 0 aliphatic carbocycles. The quantitative estimate of drug-likeness (QED) is 0.513. The van der Waals surface area contributed by atoms with Gasteiger partial charge in [0.25, 0.3) is 0 Å². The molecule has 0 N–H and O–H groups in total. The summed E-state index contributed by atoms with van der Waals surface area (Å²) in [4.78, 5) is 2.33. The van der Waals surface area contributed by atoms with Gasteiger partial charge in [0.15, 0.2) is 0 Å². The second-order valence-electron chi connectivity index (χ2n) is 0.632. The fourth-order valence-corrected chi connectivity index (χ4v) is 0. The first-order chi connectivity index (χ1) is 1.91. The van der Waals surface area contributed by atoms with Crippen LogP contribution in [0.1, 0.15) is 6.92 Å². The molecule has 0 aliphatic heterocycles. The average Bonchev–Trinajstić information content (AvgIpc) is 1.37. The van der Waals surface area contributed by atoms with Crippen LogP contribution in [0.4, 0.5) is 0 Å². The summed E-state index contributed by atoms with van der Waals surface area (Å²) < 4.78 is 1.47. The zero-order chi connectivity index (χ0) is 3.41. The Labute approximate surface area is 38.1 Å². The Bertz CT molecular complexity index is 5.25. The van der Waals surface area contributed by atoms with Crippen LogP contribution in [0, 0.1) is 0 Å². The molecule has 0 heterocycles. The third-order valence-electron chi connectivity index (χ3n) is 0.316. The normalized spacial score (nSPS) is 7.50. The zero-order valence-corrected chi connectivity index (χ0v) is 5.71. The topological polar surface area (TPSA) is 0 Å². The van der Waals surface area contributed by atoms with E-state index in [2.05, 4.69) is 11.8 Å². The van der Waals surface area contributed by atoms with Crippen molar-refractivity contribution >= 4 is 21.6 Å². The van der Waals surface area contributed by atoms with Crippen LogP contribution in [-0.2, 0) is 0 Å². The van der Waals surface area contributed by atoms with Crippen LogP contribution in [-0.4, -0.2) is 21.6 Å². The van der Waals surface area contributed by atoms with Crippen molar-refractivity contribution in [1.82, 2.24) is 0 Å². The van der Waals surface area contributed by atoms with Crippen molar-refractivity contribution in [1.29, 1.82) is 0 Å². The summed E-state index contributed by atoms with van der Waals surface area (Å²) >= 11 is 0.353. The van der Waals surface area contributed by atoms with Crippen LogP contribution >= 0.6 is 0 Å². The van der Waals surface area contributed by atoms with E-state index >= 15 is 0 Å². The summed E-state index contributed by atoms with van der Waals surface area (Å²) in [6, 6.07) is 0. The molecule has 25 valence electrons. The molecular formula is C3H8Sb. The van der Waals surface area contributed by atoms with Gasteiger partial charge in [-0.15, -0.1) is 0 Å². The molecule has 0 unspecified atom stereocenters. The monoisotopic (exact) mass is 165 g/mol. The second-order valence-corrected chi connectivity index (χ2v) is 4.24. The Morgan fingerprint density at radius 1 is 1.75 bits per heavy atom. The zero-order valence-electron chi connectivity index (χ0n) is 3.15. The van der Waals surface area contributed by atoms with Crippen molar-refractivity contribution in [2.24, 2.45) is 0 Å². The number of rotatable bonds is 1. The molecule has 0 aromatic heterocycles. The van der Waals surface area contributed by atoms with E-state index in [0.717, 1.165) is 0 Å². The van der Waals surface area contributed by atoms with E-state index in [9.17, 15) is 0 Å². The number of hydrogen-bond acceptors (Lipinski definition) is 0. The molecule has 0 saturated carbocycles. The van der Waals surface area contributed by atoms with Gasteiger partial charge in [-0.3, -0.25) is 0 Å². The third-order valence-corrected chi connectivity index (χ3v) is 2.12. The molecule has 0 amide bonds. The van der Waals surface area contributed by atoms with Gasteiger partial charge in [-0.25, -0.2) is 0 Å². The van der Waals surface area contributed by atoms with Gasteiger partial charge in [0.05, 0.1) is 0 Å². The van der Waals surface area contributed by atoms with E-state index in [1.807, 2.05) is 0 Å². The second kappa shape index (κ2) is 3.82. The molecule has 0 aliphatic rings. The van der Waals surface area contributed by atoms with Crippen molar-refractivity contribution in [2.45, 2.75) is 16.2 Å². The summed E-state index contributed by atoms with van der Waals surface area (Å²) in [5, 5.41) is 0. The molecule has 4 heavy (non-hydrogen) atoms. The van der Waals surface area contributed by atoms with E-state index < -0.39 is 0 Å². The summed E-state index contributed by atoms with van der Waals surface area (Å²) in [6.45, 7) is 2.25. The van der Waals surface area contributed by atoms with Crippen molar-refractivity contribution in [2.75, 3.05) is 0 Å². The van der Waals surface area contributed by atoms with E-state index in [4.69, 9.17) is 0 Å². The van der Waals surface area contributed by atoms with Gasteiger partial charge in [0.1, 0.15) is 0 Å². The Morgan fingerprint density at radius 2 is 2.00 bits per heavy atom. The Kier molecular flexibility index (Phi) is 4.60. The maximum absolute atomic E-state index is 2.33.